The Balaban J connectivity index is 2.39. The zero-order chi connectivity index (χ0) is 18.5. The predicted octanol–water partition coefficient (Wildman–Crippen LogP) is 2.58. The molecule has 9 heteroatoms. The van der Waals surface area contributed by atoms with Gasteiger partial charge in [-0.25, -0.2) is 21.6 Å². The van der Waals surface area contributed by atoms with Gasteiger partial charge in [0.15, 0.2) is 9.84 Å². The first kappa shape index (κ1) is 19.8. The van der Waals surface area contributed by atoms with Crippen LogP contribution in [0.2, 0.25) is 5.02 Å². The molecule has 0 unspecified atom stereocenters. The molecule has 1 heterocycles. The van der Waals surface area contributed by atoms with Crippen LogP contribution in [0, 0.1) is 0 Å². The summed E-state index contributed by atoms with van der Waals surface area (Å²) in [5, 5.41) is -0.672. The molecule has 2 rings (SSSR count). The van der Waals surface area contributed by atoms with Crippen molar-refractivity contribution in [3.63, 3.8) is 0 Å². The van der Waals surface area contributed by atoms with E-state index in [1.54, 1.807) is 19.1 Å². The highest BCUT2D eigenvalue weighted by Crippen LogP contribution is 2.29. The third-order valence-corrected chi connectivity index (χ3v) is 7.46. The molecule has 0 aliphatic carbocycles. The van der Waals surface area contributed by atoms with E-state index < -0.39 is 25.1 Å². The van der Waals surface area contributed by atoms with E-state index in [2.05, 4.69) is 9.71 Å². The molecule has 6 nitrogen and oxygen atoms in total. The van der Waals surface area contributed by atoms with Gasteiger partial charge in [-0.3, -0.25) is 4.98 Å². The summed E-state index contributed by atoms with van der Waals surface area (Å²) in [6, 6.07) is 8.99. The molecule has 0 saturated heterocycles. The fraction of sp³-hybridized carbons (Fsp3) is 0.312. The van der Waals surface area contributed by atoms with Crippen molar-refractivity contribution < 1.29 is 16.8 Å². The molecule has 0 spiro atoms. The number of benzene rings is 1. The third-order valence-electron chi connectivity index (χ3n) is 3.53. The maximum absolute atomic E-state index is 13.0. The van der Waals surface area contributed by atoms with Crippen molar-refractivity contribution in [2.24, 2.45) is 0 Å². The average Bonchev–Trinajstić information content (AvgIpc) is 2.56. The van der Waals surface area contributed by atoms with Crippen molar-refractivity contribution in [3.8, 4) is 0 Å². The maximum Gasteiger partial charge on any atom is 0.211 e. The van der Waals surface area contributed by atoms with E-state index in [4.69, 9.17) is 11.6 Å². The number of pyridine rings is 1. The van der Waals surface area contributed by atoms with E-state index in [0.29, 0.717) is 17.0 Å². The molecular weight excluding hydrogens is 384 g/mol. The summed E-state index contributed by atoms with van der Waals surface area (Å²) in [5.74, 6) is -0.0618. The molecule has 0 saturated carbocycles. The Bertz CT molecular complexity index is 899. The Labute approximate surface area is 153 Å². The Kier molecular flexibility index (Phi) is 6.56. The van der Waals surface area contributed by atoms with Gasteiger partial charge in [-0.2, -0.15) is 0 Å². The summed E-state index contributed by atoms with van der Waals surface area (Å²) in [7, 11) is -7.37. The highest BCUT2D eigenvalue weighted by atomic mass is 35.5. The van der Waals surface area contributed by atoms with Crippen LogP contribution < -0.4 is 4.72 Å². The lowest BCUT2D eigenvalue weighted by atomic mass is 10.2. The number of hydrogen-bond acceptors (Lipinski definition) is 5. The molecule has 1 aromatic carbocycles. The molecular formula is C16H19ClN2O4S2. The minimum atomic E-state index is -3.83. The average molecular weight is 403 g/mol. The van der Waals surface area contributed by atoms with Gasteiger partial charge in [0.05, 0.1) is 10.6 Å². The van der Waals surface area contributed by atoms with Gasteiger partial charge in [-0.05, 0) is 42.3 Å². The largest absolute Gasteiger partial charge is 0.264 e. The maximum atomic E-state index is 13.0. The van der Waals surface area contributed by atoms with Crippen LogP contribution in [0.3, 0.4) is 0 Å². The van der Waals surface area contributed by atoms with E-state index in [-0.39, 0.29) is 17.2 Å². The second kappa shape index (κ2) is 8.27. The second-order valence-electron chi connectivity index (χ2n) is 5.44. The number of rotatable bonds is 8. The van der Waals surface area contributed by atoms with Gasteiger partial charge in [-0.1, -0.05) is 24.6 Å². The van der Waals surface area contributed by atoms with Crippen molar-refractivity contribution in [1.29, 1.82) is 0 Å². The molecule has 136 valence electrons. The highest BCUT2D eigenvalue weighted by Gasteiger charge is 2.30. The number of sulfonamides is 1. The highest BCUT2D eigenvalue weighted by molar-refractivity contribution is 7.92. The van der Waals surface area contributed by atoms with Crippen molar-refractivity contribution in [3.05, 3.63) is 59.4 Å². The molecule has 25 heavy (non-hydrogen) atoms. The number of nitrogens with zero attached hydrogens (tertiary/aromatic N) is 1. The topological polar surface area (TPSA) is 93.2 Å². The van der Waals surface area contributed by atoms with Crippen LogP contribution in [0.4, 0.5) is 0 Å². The van der Waals surface area contributed by atoms with Crippen LogP contribution >= 0.6 is 11.6 Å². The lowest BCUT2D eigenvalue weighted by molar-refractivity contribution is 0.568. The van der Waals surface area contributed by atoms with Gasteiger partial charge < -0.3 is 0 Å². The fourth-order valence-corrected chi connectivity index (χ4v) is 5.28. The molecule has 2 aromatic rings. The Morgan fingerprint density at radius 3 is 2.36 bits per heavy atom. The number of nitrogens with one attached hydrogen (secondary N) is 1. The van der Waals surface area contributed by atoms with Gasteiger partial charge in [0, 0.05) is 24.0 Å². The summed E-state index contributed by atoms with van der Waals surface area (Å²) in [6.07, 6.45) is 3.39. The molecule has 0 aliphatic heterocycles. The third kappa shape index (κ3) is 5.24. The summed E-state index contributed by atoms with van der Waals surface area (Å²) < 4.78 is 52.3. The molecule has 0 aliphatic rings. The predicted molar refractivity (Wildman–Crippen MR) is 97.7 cm³/mol. The van der Waals surface area contributed by atoms with E-state index in [0.717, 1.165) is 0 Å². The van der Waals surface area contributed by atoms with Crippen LogP contribution in [-0.4, -0.2) is 34.1 Å². The summed E-state index contributed by atoms with van der Waals surface area (Å²) in [5.41, 5.74) is 0.414. The van der Waals surface area contributed by atoms with Gasteiger partial charge >= 0.3 is 0 Å². The SMILES string of the molecule is CCCS(=O)(=O)NC[C@H](c1cccnc1)S(=O)(=O)c1ccc(Cl)cc1. The van der Waals surface area contributed by atoms with E-state index in [1.165, 1.54) is 36.7 Å². The van der Waals surface area contributed by atoms with Crippen LogP contribution in [-0.2, 0) is 19.9 Å². The smallest absolute Gasteiger partial charge is 0.211 e. The van der Waals surface area contributed by atoms with E-state index >= 15 is 0 Å². The molecule has 0 amide bonds. The second-order valence-corrected chi connectivity index (χ2v) is 9.93. The standard InChI is InChI=1S/C16H19ClN2O4S2/c1-2-10-24(20,21)19-12-16(13-4-3-9-18-11-13)25(22,23)15-7-5-14(17)6-8-15/h3-9,11,16,19H,2,10,12H2,1H3/t16-/m1/s1. The first-order chi connectivity index (χ1) is 11.8. The van der Waals surface area contributed by atoms with Crippen molar-refractivity contribution >= 4 is 31.5 Å². The molecule has 1 atom stereocenters. The van der Waals surface area contributed by atoms with E-state index in [1.807, 2.05) is 0 Å². The van der Waals surface area contributed by atoms with Gasteiger partial charge in [0.2, 0.25) is 10.0 Å². The Morgan fingerprint density at radius 1 is 1.12 bits per heavy atom. The Morgan fingerprint density at radius 2 is 1.80 bits per heavy atom. The summed E-state index contributed by atoms with van der Waals surface area (Å²) in [4.78, 5) is 4.01. The zero-order valence-electron chi connectivity index (χ0n) is 13.6. The van der Waals surface area contributed by atoms with Crippen molar-refractivity contribution in [2.45, 2.75) is 23.5 Å². The Hall–Kier alpha value is -1.48. The fourth-order valence-electron chi connectivity index (χ4n) is 2.31. The van der Waals surface area contributed by atoms with E-state index in [9.17, 15) is 16.8 Å². The number of hydrogen-bond donors (Lipinski definition) is 1. The van der Waals surface area contributed by atoms with Crippen LogP contribution in [0.1, 0.15) is 24.2 Å². The molecule has 0 fully saturated rings. The summed E-state index contributed by atoms with van der Waals surface area (Å²) in [6.45, 7) is 1.47. The monoisotopic (exact) mass is 402 g/mol. The van der Waals surface area contributed by atoms with Crippen molar-refractivity contribution in [1.82, 2.24) is 9.71 Å². The summed E-state index contributed by atoms with van der Waals surface area (Å²) >= 11 is 5.82. The molecule has 1 aromatic heterocycles. The van der Waals surface area contributed by atoms with Crippen LogP contribution in [0.15, 0.2) is 53.7 Å². The minimum Gasteiger partial charge on any atom is -0.264 e. The number of sulfone groups is 1. The van der Waals surface area contributed by atoms with Crippen LogP contribution in [0.5, 0.6) is 0 Å². The quantitative estimate of drug-likeness (QED) is 0.732. The first-order valence-electron chi connectivity index (χ1n) is 7.63. The lowest BCUT2D eigenvalue weighted by Gasteiger charge is -2.18. The van der Waals surface area contributed by atoms with Crippen LogP contribution in [0.25, 0.3) is 0 Å². The normalized spacial score (nSPS) is 13.5. The van der Waals surface area contributed by atoms with Crippen molar-refractivity contribution in [2.75, 3.05) is 12.3 Å². The zero-order valence-corrected chi connectivity index (χ0v) is 16.0. The lowest BCUT2D eigenvalue weighted by Crippen LogP contribution is -2.33. The van der Waals surface area contributed by atoms with Gasteiger partial charge in [-0.15, -0.1) is 0 Å². The molecule has 0 bridgehead atoms. The first-order valence-corrected chi connectivity index (χ1v) is 11.2. The number of aromatic nitrogens is 1. The minimum absolute atomic E-state index is 0.0618. The van der Waals surface area contributed by atoms with Gasteiger partial charge in [0.25, 0.3) is 0 Å². The van der Waals surface area contributed by atoms with Gasteiger partial charge in [0.1, 0.15) is 5.25 Å². The molecule has 1 N–H and O–H groups in total. The number of halogens is 1. The molecule has 0 radical (unpaired) electrons.